The zero-order valence-corrected chi connectivity index (χ0v) is 17.6. The highest BCUT2D eigenvalue weighted by Gasteiger charge is 2.30. The smallest absolute Gasteiger partial charge is 0.383 e. The van der Waals surface area contributed by atoms with Gasteiger partial charge in [0.15, 0.2) is 5.78 Å². The molecule has 0 saturated carbocycles. The monoisotopic (exact) mass is 472 g/mol. The van der Waals surface area contributed by atoms with Crippen LogP contribution < -0.4 is 5.73 Å². The maximum absolute atomic E-state index is 12.7. The fourth-order valence-electron chi connectivity index (χ4n) is 2.90. The Morgan fingerprint density at radius 2 is 1.75 bits per heavy atom. The van der Waals surface area contributed by atoms with Gasteiger partial charge >= 0.3 is 6.18 Å². The van der Waals surface area contributed by atoms with Crippen molar-refractivity contribution in [2.24, 2.45) is 0 Å². The van der Waals surface area contributed by atoms with Gasteiger partial charge < -0.3 is 5.73 Å². The van der Waals surface area contributed by atoms with Crippen molar-refractivity contribution < 1.29 is 18.0 Å². The summed E-state index contributed by atoms with van der Waals surface area (Å²) in [6, 6.07) is 14.3. The van der Waals surface area contributed by atoms with Crippen molar-refractivity contribution in [3.63, 3.8) is 0 Å². The summed E-state index contributed by atoms with van der Waals surface area (Å²) in [5.41, 5.74) is 5.92. The van der Waals surface area contributed by atoms with E-state index in [1.807, 2.05) is 12.1 Å². The van der Waals surface area contributed by atoms with E-state index in [9.17, 15) is 28.5 Å². The highest BCUT2D eigenvalue weighted by atomic mass is 35.5. The van der Waals surface area contributed by atoms with E-state index in [1.54, 1.807) is 24.3 Å². The Balaban J connectivity index is 1.94. The molecule has 2 N–H and O–H groups in total. The first-order valence-corrected chi connectivity index (χ1v) is 10.2. The number of nitriles is 2. The van der Waals surface area contributed by atoms with Gasteiger partial charge in [0.05, 0.1) is 16.9 Å². The molecule has 0 bridgehead atoms. The number of hydrogen-bond acceptors (Lipinski definition) is 6. The average molecular weight is 473 g/mol. The van der Waals surface area contributed by atoms with Crippen molar-refractivity contribution in [1.82, 2.24) is 4.98 Å². The van der Waals surface area contributed by atoms with Crippen LogP contribution in [-0.4, -0.2) is 16.5 Å². The molecular weight excluding hydrogens is 461 g/mol. The van der Waals surface area contributed by atoms with Crippen molar-refractivity contribution >= 4 is 35.0 Å². The van der Waals surface area contributed by atoms with Gasteiger partial charge in [0.1, 0.15) is 28.5 Å². The molecular formula is C22H12ClF3N4OS. The zero-order chi connectivity index (χ0) is 23.5. The fraction of sp³-hybridized carbons (Fsp3) is 0.0909. The highest BCUT2D eigenvalue weighted by Crippen LogP contribution is 2.36. The summed E-state index contributed by atoms with van der Waals surface area (Å²) >= 11 is 6.95. The molecule has 0 aliphatic heterocycles. The molecule has 32 heavy (non-hydrogen) atoms. The van der Waals surface area contributed by atoms with E-state index in [4.69, 9.17) is 17.3 Å². The number of nitrogen functional groups attached to an aromatic ring is 1. The molecule has 160 valence electrons. The van der Waals surface area contributed by atoms with Crippen molar-refractivity contribution in [3.05, 3.63) is 75.8 Å². The maximum Gasteiger partial charge on any atom is 0.416 e. The lowest BCUT2D eigenvalue weighted by Gasteiger charge is -2.13. The number of hydrogen-bond donors (Lipinski definition) is 1. The van der Waals surface area contributed by atoms with Crippen LogP contribution in [0.15, 0.2) is 53.6 Å². The average Bonchev–Trinajstić information content (AvgIpc) is 2.76. The summed E-state index contributed by atoms with van der Waals surface area (Å²) in [7, 11) is 0. The highest BCUT2D eigenvalue weighted by molar-refractivity contribution is 8.00. The standard InChI is InChI=1S/C22H12ClF3N4OS/c23-15-3-1-2-13(8-15)19-16(9-27)20(29)30-21(17(19)10-28)32-11-18(31)12-4-6-14(7-5-12)22(24,25)26/h1-8H,11H2,(H2,29,30). The second kappa shape index (κ2) is 9.31. The summed E-state index contributed by atoms with van der Waals surface area (Å²) in [6.07, 6.45) is -4.50. The molecule has 2 aromatic carbocycles. The third-order valence-electron chi connectivity index (χ3n) is 4.40. The summed E-state index contributed by atoms with van der Waals surface area (Å²) in [4.78, 5) is 16.6. The van der Waals surface area contributed by atoms with Gasteiger partial charge in [0.25, 0.3) is 0 Å². The summed E-state index contributed by atoms with van der Waals surface area (Å²) in [5, 5.41) is 19.8. The minimum absolute atomic E-state index is 0.00207. The number of halogens is 4. The van der Waals surface area contributed by atoms with Crippen LogP contribution in [0.4, 0.5) is 19.0 Å². The van der Waals surface area contributed by atoms with E-state index >= 15 is 0 Å². The number of anilines is 1. The number of benzene rings is 2. The molecule has 10 heteroatoms. The summed E-state index contributed by atoms with van der Waals surface area (Å²) in [6.45, 7) is 0. The number of alkyl halides is 3. The predicted octanol–water partition coefficient (Wildman–Crippen LogP) is 5.72. The van der Waals surface area contributed by atoms with Crippen LogP contribution in [0.2, 0.25) is 5.02 Å². The van der Waals surface area contributed by atoms with Crippen LogP contribution in [0, 0.1) is 22.7 Å². The van der Waals surface area contributed by atoms with Gasteiger partial charge in [0.2, 0.25) is 0 Å². The largest absolute Gasteiger partial charge is 0.416 e. The Morgan fingerprint density at radius 1 is 1.09 bits per heavy atom. The molecule has 0 saturated heterocycles. The lowest BCUT2D eigenvalue weighted by atomic mass is 9.97. The first-order chi connectivity index (χ1) is 15.2. The maximum atomic E-state index is 12.7. The van der Waals surface area contributed by atoms with Gasteiger partial charge in [-0.1, -0.05) is 47.6 Å². The number of ketones is 1. The first-order valence-electron chi connectivity index (χ1n) is 8.88. The zero-order valence-electron chi connectivity index (χ0n) is 16.1. The van der Waals surface area contributed by atoms with Gasteiger partial charge in [-0.3, -0.25) is 4.79 Å². The topological polar surface area (TPSA) is 104 Å². The Labute approximate surface area is 190 Å². The fourth-order valence-corrected chi connectivity index (χ4v) is 3.98. The third kappa shape index (κ3) is 4.86. The van der Waals surface area contributed by atoms with Crippen molar-refractivity contribution in [1.29, 1.82) is 10.5 Å². The lowest BCUT2D eigenvalue weighted by Crippen LogP contribution is -2.08. The van der Waals surface area contributed by atoms with E-state index in [-0.39, 0.29) is 38.9 Å². The van der Waals surface area contributed by atoms with Gasteiger partial charge in [-0.15, -0.1) is 0 Å². The Hall–Kier alpha value is -3.53. The Bertz CT molecular complexity index is 1280. The molecule has 0 aliphatic rings. The van der Waals surface area contributed by atoms with Crippen LogP contribution >= 0.6 is 23.4 Å². The number of nitrogens with zero attached hydrogens (tertiary/aromatic N) is 3. The van der Waals surface area contributed by atoms with Gasteiger partial charge in [-0.05, 0) is 29.8 Å². The molecule has 5 nitrogen and oxygen atoms in total. The molecule has 0 atom stereocenters. The number of thioether (sulfide) groups is 1. The molecule has 1 aromatic heterocycles. The molecule has 0 unspecified atom stereocenters. The first kappa shape index (κ1) is 23.1. The van der Waals surface area contributed by atoms with E-state index in [2.05, 4.69) is 4.98 Å². The van der Waals surface area contributed by atoms with Crippen LogP contribution in [-0.2, 0) is 6.18 Å². The molecule has 0 fully saturated rings. The van der Waals surface area contributed by atoms with Crippen molar-refractivity contribution in [2.45, 2.75) is 11.2 Å². The van der Waals surface area contributed by atoms with Crippen LogP contribution in [0.25, 0.3) is 11.1 Å². The van der Waals surface area contributed by atoms with E-state index in [0.29, 0.717) is 10.6 Å². The molecule has 1 heterocycles. The number of nitrogens with two attached hydrogens (primary N) is 1. The van der Waals surface area contributed by atoms with E-state index in [1.165, 1.54) is 0 Å². The summed E-state index contributed by atoms with van der Waals surface area (Å²) < 4.78 is 38.1. The van der Waals surface area contributed by atoms with Crippen LogP contribution in [0.1, 0.15) is 27.0 Å². The molecule has 0 aliphatic carbocycles. The number of aromatic nitrogens is 1. The van der Waals surface area contributed by atoms with Gasteiger partial charge in [-0.25, -0.2) is 4.98 Å². The van der Waals surface area contributed by atoms with E-state index in [0.717, 1.165) is 36.0 Å². The second-order valence-electron chi connectivity index (χ2n) is 6.45. The SMILES string of the molecule is N#Cc1c(N)nc(SCC(=O)c2ccc(C(F)(F)F)cc2)c(C#N)c1-c1cccc(Cl)c1. The lowest BCUT2D eigenvalue weighted by molar-refractivity contribution is -0.137. The number of rotatable bonds is 5. The minimum atomic E-state index is -4.50. The molecule has 3 aromatic rings. The normalized spacial score (nSPS) is 10.9. The number of carbonyl (C=O) groups excluding carboxylic acids is 1. The number of Topliss-reactive ketones (excluding diaryl/α,β-unsaturated/α-hetero) is 1. The van der Waals surface area contributed by atoms with Crippen molar-refractivity contribution in [3.8, 4) is 23.3 Å². The van der Waals surface area contributed by atoms with Gasteiger partial charge in [-0.2, -0.15) is 23.7 Å². The molecule has 3 rings (SSSR count). The number of pyridine rings is 1. The molecule has 0 spiro atoms. The van der Waals surface area contributed by atoms with Crippen LogP contribution in [0.3, 0.4) is 0 Å². The third-order valence-corrected chi connectivity index (χ3v) is 5.61. The number of carbonyl (C=O) groups is 1. The summed E-state index contributed by atoms with van der Waals surface area (Å²) in [5.74, 6) is -0.777. The van der Waals surface area contributed by atoms with Crippen molar-refractivity contribution in [2.75, 3.05) is 11.5 Å². The van der Waals surface area contributed by atoms with E-state index < -0.39 is 17.5 Å². The Kier molecular flexibility index (Phi) is 6.73. The Morgan fingerprint density at radius 3 is 2.31 bits per heavy atom. The molecule has 0 radical (unpaired) electrons. The molecule has 0 amide bonds. The van der Waals surface area contributed by atoms with Crippen LogP contribution in [0.5, 0.6) is 0 Å². The second-order valence-corrected chi connectivity index (χ2v) is 7.85. The predicted molar refractivity (Wildman–Crippen MR) is 115 cm³/mol. The van der Waals surface area contributed by atoms with Gasteiger partial charge in [0, 0.05) is 16.1 Å². The minimum Gasteiger partial charge on any atom is -0.383 e. The quantitative estimate of drug-likeness (QED) is 0.376.